The molecule has 3 rings (SSSR count). The summed E-state index contributed by atoms with van der Waals surface area (Å²) in [6.07, 6.45) is 1.87. The second-order valence-electron chi connectivity index (χ2n) is 7.27. The van der Waals surface area contributed by atoms with Crippen LogP contribution in [-0.4, -0.2) is 23.9 Å². The summed E-state index contributed by atoms with van der Waals surface area (Å²) in [6, 6.07) is 14.8. The molecular formula is C22H28N2O. The van der Waals surface area contributed by atoms with Crippen LogP contribution in [0.3, 0.4) is 0 Å². The zero-order valence-electron chi connectivity index (χ0n) is 15.5. The lowest BCUT2D eigenvalue weighted by Gasteiger charge is -2.31. The molecule has 1 amide bonds. The maximum absolute atomic E-state index is 12.6. The Kier molecular flexibility index (Phi) is 5.54. The number of nitrogens with one attached hydrogen (secondary N) is 1. The number of piperidine rings is 1. The molecule has 3 heteroatoms. The first-order chi connectivity index (χ1) is 12.0. The molecule has 25 heavy (non-hydrogen) atoms. The first-order valence-electron chi connectivity index (χ1n) is 9.18. The molecule has 0 radical (unpaired) electrons. The summed E-state index contributed by atoms with van der Waals surface area (Å²) in [6.45, 7) is 9.20. The van der Waals surface area contributed by atoms with E-state index in [-0.39, 0.29) is 11.8 Å². The normalized spacial score (nSPS) is 16.0. The van der Waals surface area contributed by atoms with E-state index < -0.39 is 0 Å². The Bertz CT molecular complexity index is 728. The summed E-state index contributed by atoms with van der Waals surface area (Å²) < 4.78 is 0. The fraction of sp³-hybridized carbons (Fsp3) is 0.409. The highest BCUT2D eigenvalue weighted by atomic mass is 16.1. The van der Waals surface area contributed by atoms with Gasteiger partial charge in [-0.15, -0.1) is 0 Å². The van der Waals surface area contributed by atoms with Crippen LogP contribution in [0.4, 0.5) is 5.69 Å². The number of amides is 1. The van der Waals surface area contributed by atoms with E-state index in [9.17, 15) is 4.79 Å². The number of benzene rings is 2. The average Bonchev–Trinajstić information content (AvgIpc) is 2.61. The fourth-order valence-corrected chi connectivity index (χ4v) is 3.43. The number of hydrogen-bond acceptors (Lipinski definition) is 2. The van der Waals surface area contributed by atoms with Crippen molar-refractivity contribution < 1.29 is 4.79 Å². The third kappa shape index (κ3) is 4.49. The zero-order chi connectivity index (χ0) is 17.8. The molecule has 1 aliphatic heterocycles. The van der Waals surface area contributed by atoms with Gasteiger partial charge in [-0.3, -0.25) is 9.69 Å². The maximum atomic E-state index is 12.6. The molecule has 1 saturated heterocycles. The van der Waals surface area contributed by atoms with E-state index in [1.165, 1.54) is 16.7 Å². The van der Waals surface area contributed by atoms with Crippen molar-refractivity contribution in [2.45, 2.75) is 40.2 Å². The van der Waals surface area contributed by atoms with Gasteiger partial charge in [0.15, 0.2) is 0 Å². The topological polar surface area (TPSA) is 32.3 Å². The first-order valence-corrected chi connectivity index (χ1v) is 9.18. The minimum Gasteiger partial charge on any atom is -0.326 e. The van der Waals surface area contributed by atoms with E-state index in [4.69, 9.17) is 0 Å². The summed E-state index contributed by atoms with van der Waals surface area (Å²) in [7, 11) is 0. The molecule has 0 unspecified atom stereocenters. The van der Waals surface area contributed by atoms with Crippen LogP contribution in [-0.2, 0) is 11.3 Å². The number of nitrogens with zero attached hydrogens (tertiary/aromatic N) is 1. The smallest absolute Gasteiger partial charge is 0.227 e. The van der Waals surface area contributed by atoms with Crippen LogP contribution in [0, 0.1) is 26.7 Å². The molecule has 1 aliphatic rings. The third-order valence-electron chi connectivity index (χ3n) is 5.35. The summed E-state index contributed by atoms with van der Waals surface area (Å²) in [5.41, 5.74) is 5.97. The molecule has 1 fully saturated rings. The second kappa shape index (κ2) is 7.83. The predicted octanol–water partition coefficient (Wildman–Crippen LogP) is 4.46. The van der Waals surface area contributed by atoms with Crippen molar-refractivity contribution in [3.8, 4) is 0 Å². The van der Waals surface area contributed by atoms with Gasteiger partial charge in [0.05, 0.1) is 0 Å². The SMILES string of the molecule is Cc1ccc(CN2CCC(C(=O)Nc3cccc(C)c3C)CC2)cc1. The number of aryl methyl sites for hydroxylation is 2. The monoisotopic (exact) mass is 336 g/mol. The van der Waals surface area contributed by atoms with Gasteiger partial charge in [0.2, 0.25) is 5.91 Å². The molecule has 0 atom stereocenters. The Balaban J connectivity index is 1.52. The van der Waals surface area contributed by atoms with E-state index in [2.05, 4.69) is 61.3 Å². The summed E-state index contributed by atoms with van der Waals surface area (Å²) in [5, 5.41) is 3.13. The molecule has 0 saturated carbocycles. The van der Waals surface area contributed by atoms with E-state index >= 15 is 0 Å². The lowest BCUT2D eigenvalue weighted by Crippen LogP contribution is -2.37. The fourth-order valence-electron chi connectivity index (χ4n) is 3.43. The minimum absolute atomic E-state index is 0.120. The van der Waals surface area contributed by atoms with Crippen molar-refractivity contribution >= 4 is 11.6 Å². The summed E-state index contributed by atoms with van der Waals surface area (Å²) in [5.74, 6) is 0.290. The number of anilines is 1. The van der Waals surface area contributed by atoms with Crippen molar-refractivity contribution in [1.82, 2.24) is 4.90 Å². The summed E-state index contributed by atoms with van der Waals surface area (Å²) >= 11 is 0. The molecule has 2 aromatic carbocycles. The Morgan fingerprint density at radius 3 is 2.40 bits per heavy atom. The van der Waals surface area contributed by atoms with Crippen molar-refractivity contribution in [3.63, 3.8) is 0 Å². The predicted molar refractivity (Wildman–Crippen MR) is 104 cm³/mol. The highest BCUT2D eigenvalue weighted by Gasteiger charge is 2.25. The molecule has 0 bridgehead atoms. The molecule has 3 nitrogen and oxygen atoms in total. The molecule has 0 aromatic heterocycles. The van der Waals surface area contributed by atoms with Crippen LogP contribution in [0.1, 0.15) is 35.1 Å². The van der Waals surface area contributed by atoms with Gasteiger partial charge in [0.25, 0.3) is 0 Å². The molecule has 2 aromatic rings. The number of hydrogen-bond donors (Lipinski definition) is 1. The van der Waals surface area contributed by atoms with Crippen LogP contribution in [0.15, 0.2) is 42.5 Å². The molecule has 1 N–H and O–H groups in total. The van der Waals surface area contributed by atoms with Crippen LogP contribution >= 0.6 is 0 Å². The number of carbonyl (C=O) groups excluding carboxylic acids is 1. The molecule has 1 heterocycles. The Morgan fingerprint density at radius 1 is 1.04 bits per heavy atom. The molecule has 0 aliphatic carbocycles. The van der Waals surface area contributed by atoms with Crippen molar-refractivity contribution in [3.05, 3.63) is 64.7 Å². The average molecular weight is 336 g/mol. The number of carbonyl (C=O) groups is 1. The zero-order valence-corrected chi connectivity index (χ0v) is 15.5. The van der Waals surface area contributed by atoms with E-state index in [1.54, 1.807) is 0 Å². The van der Waals surface area contributed by atoms with Crippen molar-refractivity contribution in [2.24, 2.45) is 5.92 Å². The van der Waals surface area contributed by atoms with Crippen LogP contribution < -0.4 is 5.32 Å². The Hall–Kier alpha value is -2.13. The van der Waals surface area contributed by atoms with Crippen molar-refractivity contribution in [2.75, 3.05) is 18.4 Å². The van der Waals surface area contributed by atoms with E-state index in [0.717, 1.165) is 43.7 Å². The van der Waals surface area contributed by atoms with Gasteiger partial charge in [0, 0.05) is 18.2 Å². The molecule has 132 valence electrons. The Labute approximate surface area is 151 Å². The number of rotatable bonds is 4. The van der Waals surface area contributed by atoms with E-state index in [1.807, 2.05) is 12.1 Å². The van der Waals surface area contributed by atoms with Crippen molar-refractivity contribution in [1.29, 1.82) is 0 Å². The lowest BCUT2D eigenvalue weighted by molar-refractivity contribution is -0.121. The van der Waals surface area contributed by atoms with Gasteiger partial charge in [-0.2, -0.15) is 0 Å². The highest BCUT2D eigenvalue weighted by molar-refractivity contribution is 5.93. The first kappa shape index (κ1) is 17.7. The minimum atomic E-state index is 0.120. The lowest BCUT2D eigenvalue weighted by atomic mass is 9.95. The van der Waals surface area contributed by atoms with Gasteiger partial charge in [-0.1, -0.05) is 42.0 Å². The quantitative estimate of drug-likeness (QED) is 0.894. The standard InChI is InChI=1S/C22H28N2O/c1-16-7-9-19(10-8-16)15-24-13-11-20(12-14-24)22(25)23-21-6-4-5-17(2)18(21)3/h4-10,20H,11-15H2,1-3H3,(H,23,25). The van der Waals surface area contributed by atoms with Crippen LogP contribution in [0.5, 0.6) is 0 Å². The number of likely N-dealkylation sites (tertiary alicyclic amines) is 1. The van der Waals surface area contributed by atoms with E-state index in [0.29, 0.717) is 0 Å². The summed E-state index contributed by atoms with van der Waals surface area (Å²) in [4.78, 5) is 15.1. The van der Waals surface area contributed by atoms with Gasteiger partial charge >= 0.3 is 0 Å². The molecule has 0 spiro atoms. The van der Waals surface area contributed by atoms with Gasteiger partial charge in [-0.25, -0.2) is 0 Å². The van der Waals surface area contributed by atoms with Crippen LogP contribution in [0.2, 0.25) is 0 Å². The van der Waals surface area contributed by atoms with Crippen LogP contribution in [0.25, 0.3) is 0 Å². The largest absolute Gasteiger partial charge is 0.326 e. The van der Waals surface area contributed by atoms with Gasteiger partial charge < -0.3 is 5.32 Å². The maximum Gasteiger partial charge on any atom is 0.227 e. The highest BCUT2D eigenvalue weighted by Crippen LogP contribution is 2.23. The van der Waals surface area contributed by atoms with Gasteiger partial charge in [0.1, 0.15) is 0 Å². The second-order valence-corrected chi connectivity index (χ2v) is 7.27. The third-order valence-corrected chi connectivity index (χ3v) is 5.35. The Morgan fingerprint density at radius 2 is 1.72 bits per heavy atom. The van der Waals surface area contributed by atoms with Gasteiger partial charge in [-0.05, 0) is 69.5 Å². The molecular weight excluding hydrogens is 308 g/mol.